The number of halogens is 1. The maximum atomic E-state index is 13.1. The van der Waals surface area contributed by atoms with E-state index >= 15 is 0 Å². The predicted octanol–water partition coefficient (Wildman–Crippen LogP) is 4.28. The lowest BCUT2D eigenvalue weighted by Gasteiger charge is -2.22. The molecule has 9 heteroatoms. The second kappa shape index (κ2) is 9.50. The molecule has 172 valence electrons. The van der Waals surface area contributed by atoms with Crippen LogP contribution in [-0.2, 0) is 10.0 Å². The van der Waals surface area contributed by atoms with E-state index in [4.69, 9.17) is 9.47 Å². The minimum absolute atomic E-state index is 0.0593. The maximum Gasteiger partial charge on any atom is 0.261 e. The molecule has 0 radical (unpaired) electrons. The summed E-state index contributed by atoms with van der Waals surface area (Å²) in [4.78, 5) is 12.7. The molecule has 1 amide bonds. The summed E-state index contributed by atoms with van der Waals surface area (Å²) in [7, 11) is -3.87. The van der Waals surface area contributed by atoms with Gasteiger partial charge < -0.3 is 14.8 Å². The Balaban J connectivity index is 1.44. The van der Waals surface area contributed by atoms with Crippen LogP contribution in [0.25, 0.3) is 0 Å². The molecule has 0 saturated carbocycles. The normalized spacial score (nSPS) is 13.8. The molecule has 0 bridgehead atoms. The molecule has 2 N–H and O–H groups in total. The lowest BCUT2D eigenvalue weighted by molar-refractivity contribution is 0.0935. The minimum atomic E-state index is -3.87. The quantitative estimate of drug-likeness (QED) is 0.538. The first-order chi connectivity index (χ1) is 15.9. The predicted molar refractivity (Wildman–Crippen MR) is 122 cm³/mol. The molecule has 3 aromatic rings. The van der Waals surface area contributed by atoms with Crippen LogP contribution in [0.2, 0.25) is 0 Å². The summed E-state index contributed by atoms with van der Waals surface area (Å²) in [6.07, 6.45) is 0.668. The molecule has 4 rings (SSSR count). The van der Waals surface area contributed by atoms with E-state index in [1.165, 1.54) is 36.4 Å². The standard InChI is InChI=1S/C24H23FN2O5S/c1-2-21(17-5-12-22-23(15-17)32-14-13-31-22)26-24(28)16-3-8-19(9-4-16)27-33(29,30)20-10-6-18(25)7-11-20/h3-12,15,21,27H,2,13-14H2,1H3,(H,26,28). The fraction of sp³-hybridized carbons (Fsp3) is 0.208. The molecule has 0 fully saturated rings. The van der Waals surface area contributed by atoms with Gasteiger partial charge in [0.1, 0.15) is 19.0 Å². The van der Waals surface area contributed by atoms with Crippen molar-refractivity contribution in [1.82, 2.24) is 5.32 Å². The average Bonchev–Trinajstić information content (AvgIpc) is 2.82. The minimum Gasteiger partial charge on any atom is -0.486 e. The van der Waals surface area contributed by atoms with Crippen molar-refractivity contribution in [3.8, 4) is 11.5 Å². The monoisotopic (exact) mass is 470 g/mol. The number of carbonyl (C=O) groups excluding carboxylic acids is 1. The SMILES string of the molecule is CCC(NC(=O)c1ccc(NS(=O)(=O)c2ccc(F)cc2)cc1)c1ccc2c(c1)OCCO2. The molecule has 1 heterocycles. The third-order valence-electron chi connectivity index (χ3n) is 5.21. The third-order valence-corrected chi connectivity index (χ3v) is 6.60. The van der Waals surface area contributed by atoms with Gasteiger partial charge in [0.25, 0.3) is 15.9 Å². The van der Waals surface area contributed by atoms with Crippen LogP contribution in [0.5, 0.6) is 11.5 Å². The second-order valence-corrected chi connectivity index (χ2v) is 9.16. The lowest BCUT2D eigenvalue weighted by atomic mass is 10.0. The van der Waals surface area contributed by atoms with Gasteiger partial charge >= 0.3 is 0 Å². The Morgan fingerprint density at radius 2 is 1.64 bits per heavy atom. The number of rotatable bonds is 7. The number of hydrogen-bond acceptors (Lipinski definition) is 5. The van der Waals surface area contributed by atoms with Gasteiger partial charge in [-0.05, 0) is 72.6 Å². The fourth-order valence-corrected chi connectivity index (χ4v) is 4.52. The van der Waals surface area contributed by atoms with Crippen LogP contribution in [0.3, 0.4) is 0 Å². The van der Waals surface area contributed by atoms with Crippen molar-refractivity contribution in [3.05, 3.63) is 83.7 Å². The number of anilines is 1. The second-order valence-electron chi connectivity index (χ2n) is 7.47. The summed E-state index contributed by atoms with van der Waals surface area (Å²) < 4.78 is 51.5. The van der Waals surface area contributed by atoms with Crippen LogP contribution in [0.15, 0.2) is 71.6 Å². The van der Waals surface area contributed by atoms with E-state index in [2.05, 4.69) is 10.0 Å². The van der Waals surface area contributed by atoms with Gasteiger partial charge in [0, 0.05) is 11.3 Å². The Kier molecular flexibility index (Phi) is 6.50. The highest BCUT2D eigenvalue weighted by Gasteiger charge is 2.19. The molecule has 1 aliphatic rings. The highest BCUT2D eigenvalue weighted by atomic mass is 32.2. The Labute approximate surface area is 191 Å². The number of nitrogens with one attached hydrogen (secondary N) is 2. The van der Waals surface area contributed by atoms with Gasteiger partial charge in [0.15, 0.2) is 11.5 Å². The topological polar surface area (TPSA) is 93.7 Å². The summed E-state index contributed by atoms with van der Waals surface area (Å²) in [6, 6.07) is 16.0. The van der Waals surface area contributed by atoms with E-state index < -0.39 is 15.8 Å². The van der Waals surface area contributed by atoms with Crippen LogP contribution in [0, 0.1) is 5.82 Å². The Bertz CT molecular complexity index is 1240. The summed E-state index contributed by atoms with van der Waals surface area (Å²) in [5.41, 5.74) is 1.57. The van der Waals surface area contributed by atoms with Gasteiger partial charge in [-0.2, -0.15) is 0 Å². The van der Waals surface area contributed by atoms with Crippen LogP contribution in [0.4, 0.5) is 10.1 Å². The number of ether oxygens (including phenoxy) is 2. The van der Waals surface area contributed by atoms with E-state index in [1.54, 1.807) is 0 Å². The summed E-state index contributed by atoms with van der Waals surface area (Å²) in [5, 5.41) is 3.00. The van der Waals surface area contributed by atoms with Crippen molar-refractivity contribution in [1.29, 1.82) is 0 Å². The molecule has 0 aromatic heterocycles. The smallest absolute Gasteiger partial charge is 0.261 e. The Hall–Kier alpha value is -3.59. The van der Waals surface area contributed by atoms with Crippen LogP contribution < -0.4 is 19.5 Å². The number of benzene rings is 3. The third kappa shape index (κ3) is 5.25. The molecule has 0 spiro atoms. The summed E-state index contributed by atoms with van der Waals surface area (Å²) in [5.74, 6) is 0.532. The molecule has 1 atom stereocenters. The Morgan fingerprint density at radius 3 is 2.30 bits per heavy atom. The number of hydrogen-bond donors (Lipinski definition) is 2. The van der Waals surface area contributed by atoms with Gasteiger partial charge in [0.2, 0.25) is 0 Å². The van der Waals surface area contributed by atoms with E-state index in [-0.39, 0.29) is 22.5 Å². The molecule has 1 aliphatic heterocycles. The Morgan fingerprint density at radius 1 is 0.970 bits per heavy atom. The van der Waals surface area contributed by atoms with Crippen LogP contribution in [-0.4, -0.2) is 27.5 Å². The molecule has 1 unspecified atom stereocenters. The summed E-state index contributed by atoms with van der Waals surface area (Å²) >= 11 is 0. The van der Waals surface area contributed by atoms with E-state index in [0.29, 0.717) is 36.7 Å². The average molecular weight is 471 g/mol. The first kappa shape index (κ1) is 22.6. The number of fused-ring (bicyclic) bond motifs is 1. The molecular weight excluding hydrogens is 447 g/mol. The molecule has 3 aromatic carbocycles. The fourth-order valence-electron chi connectivity index (χ4n) is 3.46. The molecule has 0 aliphatic carbocycles. The summed E-state index contributed by atoms with van der Waals surface area (Å²) in [6.45, 7) is 2.96. The number of carbonyl (C=O) groups is 1. The zero-order valence-corrected chi connectivity index (χ0v) is 18.7. The lowest BCUT2D eigenvalue weighted by Crippen LogP contribution is -2.28. The highest BCUT2D eigenvalue weighted by molar-refractivity contribution is 7.92. The molecule has 0 saturated heterocycles. The van der Waals surface area contributed by atoms with Crippen LogP contribution >= 0.6 is 0 Å². The van der Waals surface area contributed by atoms with Crippen molar-refractivity contribution in [2.75, 3.05) is 17.9 Å². The van der Waals surface area contributed by atoms with Crippen molar-refractivity contribution >= 4 is 21.6 Å². The van der Waals surface area contributed by atoms with Gasteiger partial charge in [-0.25, -0.2) is 12.8 Å². The highest BCUT2D eigenvalue weighted by Crippen LogP contribution is 2.33. The van der Waals surface area contributed by atoms with Crippen LogP contribution in [0.1, 0.15) is 35.3 Å². The molecule has 7 nitrogen and oxygen atoms in total. The zero-order chi connectivity index (χ0) is 23.4. The van der Waals surface area contributed by atoms with Gasteiger partial charge in [-0.15, -0.1) is 0 Å². The number of sulfonamides is 1. The van der Waals surface area contributed by atoms with Crippen molar-refractivity contribution in [2.45, 2.75) is 24.3 Å². The van der Waals surface area contributed by atoms with Crippen molar-refractivity contribution in [3.63, 3.8) is 0 Å². The molecular formula is C24H23FN2O5S. The van der Waals surface area contributed by atoms with Crippen molar-refractivity contribution in [2.24, 2.45) is 0 Å². The molecule has 33 heavy (non-hydrogen) atoms. The van der Waals surface area contributed by atoms with Gasteiger partial charge in [0.05, 0.1) is 10.9 Å². The van der Waals surface area contributed by atoms with Crippen molar-refractivity contribution < 1.29 is 27.1 Å². The van der Waals surface area contributed by atoms with Gasteiger partial charge in [-0.1, -0.05) is 13.0 Å². The van der Waals surface area contributed by atoms with E-state index in [1.807, 2.05) is 25.1 Å². The first-order valence-corrected chi connectivity index (χ1v) is 11.9. The first-order valence-electron chi connectivity index (χ1n) is 10.4. The van der Waals surface area contributed by atoms with Gasteiger partial charge in [-0.3, -0.25) is 9.52 Å². The number of amides is 1. The maximum absolute atomic E-state index is 13.1. The zero-order valence-electron chi connectivity index (χ0n) is 17.9. The largest absolute Gasteiger partial charge is 0.486 e. The van der Waals surface area contributed by atoms with E-state index in [9.17, 15) is 17.6 Å². The van der Waals surface area contributed by atoms with E-state index in [0.717, 1.165) is 17.7 Å².